The molecule has 1 atom stereocenters. The second-order valence-electron chi connectivity index (χ2n) is 4.79. The molecule has 0 aliphatic carbocycles. The first kappa shape index (κ1) is 17.2. The van der Waals surface area contributed by atoms with Crippen LogP contribution in [0, 0.1) is 0 Å². The fraction of sp³-hybridized carbons (Fsp3) is 0.538. The molecule has 7 nitrogen and oxygen atoms in total. The molecule has 0 radical (unpaired) electrons. The van der Waals surface area contributed by atoms with Gasteiger partial charge in [0.1, 0.15) is 0 Å². The highest BCUT2D eigenvalue weighted by Gasteiger charge is 2.55. The number of ether oxygens (including phenoxy) is 2. The van der Waals surface area contributed by atoms with E-state index in [9.17, 15) is 18.0 Å². The highest BCUT2D eigenvalue weighted by atomic mass is 32.2. The third kappa shape index (κ3) is 3.26. The number of rotatable bonds is 4. The Morgan fingerprint density at radius 1 is 1.43 bits per heavy atom. The summed E-state index contributed by atoms with van der Waals surface area (Å²) in [4.78, 5) is 25.1. The van der Waals surface area contributed by atoms with Gasteiger partial charge in [-0.25, -0.2) is 13.2 Å². The van der Waals surface area contributed by atoms with Crippen molar-refractivity contribution in [1.82, 2.24) is 4.90 Å². The molecule has 0 N–H and O–H groups in total. The van der Waals surface area contributed by atoms with Crippen molar-refractivity contribution < 1.29 is 27.5 Å². The number of methoxy groups -OCH3 is 1. The quantitative estimate of drug-likeness (QED) is 0.434. The van der Waals surface area contributed by atoms with Crippen LogP contribution in [0.25, 0.3) is 0 Å². The Balaban J connectivity index is 3.17. The third-order valence-corrected chi connectivity index (χ3v) is 5.60. The van der Waals surface area contributed by atoms with Crippen molar-refractivity contribution >= 4 is 21.9 Å². The maximum Gasteiger partial charge on any atom is 0.414 e. The van der Waals surface area contributed by atoms with Gasteiger partial charge in [0.05, 0.1) is 25.2 Å². The number of hydrogen-bond acceptors (Lipinski definition) is 6. The van der Waals surface area contributed by atoms with Crippen molar-refractivity contribution in [3.63, 3.8) is 0 Å². The molecule has 0 aromatic rings. The number of hydrogen-bond donors (Lipinski definition) is 0. The van der Waals surface area contributed by atoms with Gasteiger partial charge in [-0.2, -0.15) is 0 Å². The first-order chi connectivity index (χ1) is 9.70. The van der Waals surface area contributed by atoms with Crippen molar-refractivity contribution in [2.75, 3.05) is 26.0 Å². The monoisotopic (exact) mass is 317 g/mol. The van der Waals surface area contributed by atoms with Crippen LogP contribution >= 0.6 is 0 Å². The van der Waals surface area contributed by atoms with Crippen LogP contribution in [-0.4, -0.2) is 56.1 Å². The van der Waals surface area contributed by atoms with Crippen LogP contribution in [0.4, 0.5) is 4.79 Å². The fourth-order valence-electron chi connectivity index (χ4n) is 2.17. The largest absolute Gasteiger partial charge is 0.468 e. The topological polar surface area (TPSA) is 90.0 Å². The summed E-state index contributed by atoms with van der Waals surface area (Å²) in [5.41, 5.74) is 0. The van der Waals surface area contributed by atoms with Crippen LogP contribution in [0.3, 0.4) is 0 Å². The number of esters is 1. The number of allylic oxidation sites excluding steroid dienone is 2. The maximum atomic E-state index is 12.3. The van der Waals surface area contributed by atoms with Crippen LogP contribution in [0.1, 0.15) is 13.3 Å². The molecule has 1 rings (SSSR count). The lowest BCUT2D eigenvalue weighted by Crippen LogP contribution is -2.61. The van der Waals surface area contributed by atoms with Gasteiger partial charge < -0.3 is 14.4 Å². The molecule has 0 spiro atoms. The zero-order valence-corrected chi connectivity index (χ0v) is 12.9. The Labute approximate surface area is 124 Å². The predicted octanol–water partition coefficient (Wildman–Crippen LogP) is 0.875. The van der Waals surface area contributed by atoms with Gasteiger partial charge in [0.2, 0.25) is 0 Å². The smallest absolute Gasteiger partial charge is 0.414 e. The number of sulfone groups is 1. The van der Waals surface area contributed by atoms with Gasteiger partial charge in [-0.15, -0.1) is 6.58 Å². The average Bonchev–Trinajstić information content (AvgIpc) is 2.39. The zero-order valence-electron chi connectivity index (χ0n) is 12.1. The SMILES string of the molecule is C=CCC1(C(=O)OC)CN(C(=O)OC(=C)C)CCS1(=O)=O. The molecule has 1 fully saturated rings. The van der Waals surface area contributed by atoms with Crippen LogP contribution < -0.4 is 0 Å². The van der Waals surface area contributed by atoms with Crippen molar-refractivity contribution in [1.29, 1.82) is 0 Å². The molecule has 0 aromatic heterocycles. The fourth-order valence-corrected chi connectivity index (χ4v) is 4.08. The first-order valence-corrected chi connectivity index (χ1v) is 7.89. The van der Waals surface area contributed by atoms with Gasteiger partial charge in [0, 0.05) is 6.54 Å². The number of amides is 1. The lowest BCUT2D eigenvalue weighted by molar-refractivity contribution is -0.144. The normalized spacial score (nSPS) is 24.0. The lowest BCUT2D eigenvalue weighted by atomic mass is 10.0. The molecule has 1 heterocycles. The molecular weight excluding hydrogens is 298 g/mol. The summed E-state index contributed by atoms with van der Waals surface area (Å²) in [7, 11) is -2.67. The van der Waals surface area contributed by atoms with Gasteiger partial charge in [-0.1, -0.05) is 12.7 Å². The summed E-state index contributed by atoms with van der Waals surface area (Å²) in [6.45, 7) is 8.04. The Kier molecular flexibility index (Phi) is 5.16. The molecule has 118 valence electrons. The Bertz CT molecular complexity index is 567. The molecular formula is C13H19NO6S. The van der Waals surface area contributed by atoms with Crippen molar-refractivity contribution in [2.24, 2.45) is 0 Å². The van der Waals surface area contributed by atoms with E-state index in [2.05, 4.69) is 17.9 Å². The summed E-state index contributed by atoms with van der Waals surface area (Å²) in [6, 6.07) is 0. The number of carbonyl (C=O) groups excluding carboxylic acids is 2. The molecule has 1 saturated heterocycles. The minimum absolute atomic E-state index is 0.0513. The first-order valence-electron chi connectivity index (χ1n) is 6.24. The summed E-state index contributed by atoms with van der Waals surface area (Å²) >= 11 is 0. The van der Waals surface area contributed by atoms with Crippen molar-refractivity contribution in [3.8, 4) is 0 Å². The molecule has 21 heavy (non-hydrogen) atoms. The molecule has 8 heteroatoms. The predicted molar refractivity (Wildman–Crippen MR) is 76.2 cm³/mol. The minimum atomic E-state index is -3.77. The third-order valence-electron chi connectivity index (χ3n) is 3.22. The molecule has 0 aromatic carbocycles. The van der Waals surface area contributed by atoms with E-state index < -0.39 is 26.6 Å². The average molecular weight is 317 g/mol. The van der Waals surface area contributed by atoms with Crippen LogP contribution in [0.2, 0.25) is 0 Å². The minimum Gasteiger partial charge on any atom is -0.468 e. The van der Waals surface area contributed by atoms with Gasteiger partial charge >= 0.3 is 12.1 Å². The summed E-state index contributed by atoms with van der Waals surface area (Å²) < 4.78 is 32.3. The van der Waals surface area contributed by atoms with Crippen LogP contribution in [-0.2, 0) is 24.1 Å². The molecule has 0 saturated carbocycles. The standard InChI is InChI=1S/C13H19NO6S/c1-5-6-13(11(15)19-4)9-14(7-8-21(13,17)18)12(16)20-10(2)3/h5H,1-2,6-9H2,3-4H3. The van der Waals surface area contributed by atoms with Crippen LogP contribution in [0.5, 0.6) is 0 Å². The Hall–Kier alpha value is -1.83. The lowest BCUT2D eigenvalue weighted by Gasteiger charge is -2.38. The number of nitrogens with zero attached hydrogens (tertiary/aromatic N) is 1. The van der Waals surface area contributed by atoms with E-state index >= 15 is 0 Å². The molecule has 1 aliphatic rings. The van der Waals surface area contributed by atoms with Gasteiger partial charge in [0.15, 0.2) is 14.6 Å². The molecule has 0 bridgehead atoms. The maximum absolute atomic E-state index is 12.3. The van der Waals surface area contributed by atoms with Crippen molar-refractivity contribution in [3.05, 3.63) is 25.0 Å². The molecule has 1 unspecified atom stereocenters. The van der Waals surface area contributed by atoms with E-state index in [1.54, 1.807) is 0 Å². The highest BCUT2D eigenvalue weighted by Crippen LogP contribution is 2.30. The Morgan fingerprint density at radius 2 is 2.05 bits per heavy atom. The second-order valence-corrected chi connectivity index (χ2v) is 7.21. The van der Waals surface area contributed by atoms with Crippen LogP contribution in [0.15, 0.2) is 25.0 Å². The van der Waals surface area contributed by atoms with Gasteiger partial charge in [-0.3, -0.25) is 4.79 Å². The highest BCUT2D eigenvalue weighted by molar-refractivity contribution is 7.93. The molecule has 1 amide bonds. The van der Waals surface area contributed by atoms with E-state index in [0.29, 0.717) is 0 Å². The van der Waals surface area contributed by atoms with E-state index in [1.165, 1.54) is 13.0 Å². The summed E-state index contributed by atoms with van der Waals surface area (Å²) in [5, 5.41) is 0. The molecule has 1 aliphatic heterocycles. The van der Waals surface area contributed by atoms with Gasteiger partial charge in [-0.05, 0) is 13.3 Å². The summed E-state index contributed by atoms with van der Waals surface area (Å²) in [6.07, 6.45) is 0.440. The van der Waals surface area contributed by atoms with E-state index in [-0.39, 0.29) is 31.0 Å². The second kappa shape index (κ2) is 6.30. The van der Waals surface area contributed by atoms with E-state index in [1.807, 2.05) is 0 Å². The van der Waals surface area contributed by atoms with E-state index in [0.717, 1.165) is 12.0 Å². The van der Waals surface area contributed by atoms with Gasteiger partial charge in [0.25, 0.3) is 0 Å². The van der Waals surface area contributed by atoms with E-state index in [4.69, 9.17) is 4.74 Å². The number of carbonyl (C=O) groups is 2. The van der Waals surface area contributed by atoms with Crippen molar-refractivity contribution in [2.45, 2.75) is 18.1 Å². The summed E-state index contributed by atoms with van der Waals surface area (Å²) in [5.74, 6) is -1.07. The zero-order chi connectivity index (χ0) is 16.3. The Morgan fingerprint density at radius 3 is 2.52 bits per heavy atom.